The number of aryl methyl sites for hydroxylation is 1. The number of nitrogens with one attached hydrogen (secondary N) is 1. The summed E-state index contributed by atoms with van der Waals surface area (Å²) in [4.78, 5) is 4.05. The van der Waals surface area contributed by atoms with Crippen molar-refractivity contribution in [3.63, 3.8) is 0 Å². The third kappa shape index (κ3) is 3.06. The molecule has 2 aromatic rings. The van der Waals surface area contributed by atoms with E-state index >= 15 is 0 Å². The summed E-state index contributed by atoms with van der Waals surface area (Å²) >= 11 is 0. The van der Waals surface area contributed by atoms with Gasteiger partial charge in [0.25, 0.3) is 0 Å². The van der Waals surface area contributed by atoms with Crippen molar-refractivity contribution in [2.24, 2.45) is 11.8 Å². The third-order valence-electron chi connectivity index (χ3n) is 4.29. The average molecular weight is 267 g/mol. The van der Waals surface area contributed by atoms with Crippen molar-refractivity contribution in [3.8, 4) is 0 Å². The summed E-state index contributed by atoms with van der Waals surface area (Å²) in [6.45, 7) is 0. The zero-order chi connectivity index (χ0) is 13.8. The molecular weight excluding hydrogens is 246 g/mol. The van der Waals surface area contributed by atoms with Gasteiger partial charge in [-0.05, 0) is 54.4 Å². The lowest BCUT2D eigenvalue weighted by atomic mass is 10.00. The van der Waals surface area contributed by atoms with Crippen LogP contribution in [0.5, 0.6) is 0 Å². The minimum atomic E-state index is 0.397. The van der Waals surface area contributed by atoms with Crippen LogP contribution in [0.15, 0.2) is 54.9 Å². The number of hydrogen-bond acceptors (Lipinski definition) is 3. The number of pyridine rings is 1. The van der Waals surface area contributed by atoms with E-state index in [0.717, 1.165) is 12.8 Å². The number of hydrazine groups is 1. The van der Waals surface area contributed by atoms with Gasteiger partial charge in [-0.1, -0.05) is 30.3 Å². The van der Waals surface area contributed by atoms with E-state index in [1.54, 1.807) is 0 Å². The summed E-state index contributed by atoms with van der Waals surface area (Å²) in [6, 6.07) is 15.3. The van der Waals surface area contributed by atoms with Crippen LogP contribution in [0.2, 0.25) is 0 Å². The molecule has 3 unspecified atom stereocenters. The maximum Gasteiger partial charge on any atom is 0.0270 e. The van der Waals surface area contributed by atoms with Gasteiger partial charge < -0.3 is 0 Å². The monoisotopic (exact) mass is 267 g/mol. The fraction of sp³-hybridized carbons (Fsp3) is 0.353. The Kier molecular flexibility index (Phi) is 4.09. The molecule has 1 aromatic carbocycles. The van der Waals surface area contributed by atoms with Gasteiger partial charge in [0.1, 0.15) is 0 Å². The Labute approximate surface area is 120 Å². The van der Waals surface area contributed by atoms with Crippen LogP contribution in [0.3, 0.4) is 0 Å². The third-order valence-corrected chi connectivity index (χ3v) is 4.29. The van der Waals surface area contributed by atoms with Gasteiger partial charge in [-0.3, -0.25) is 16.3 Å². The van der Waals surface area contributed by atoms with Crippen LogP contribution in [0.1, 0.15) is 29.9 Å². The molecular formula is C17H21N3. The van der Waals surface area contributed by atoms with Gasteiger partial charge in [-0.2, -0.15) is 0 Å². The first-order valence-corrected chi connectivity index (χ1v) is 7.28. The SMILES string of the molecule is NNC(CCc1ccncc1)C1CC1c1ccccc1. The molecule has 104 valence electrons. The molecule has 0 spiro atoms. The molecule has 0 bridgehead atoms. The van der Waals surface area contributed by atoms with Crippen LogP contribution < -0.4 is 11.3 Å². The topological polar surface area (TPSA) is 50.9 Å². The van der Waals surface area contributed by atoms with E-state index < -0.39 is 0 Å². The van der Waals surface area contributed by atoms with Crippen LogP contribution in [0.4, 0.5) is 0 Å². The molecule has 3 rings (SSSR count). The highest BCUT2D eigenvalue weighted by Gasteiger charge is 2.42. The fourth-order valence-electron chi connectivity index (χ4n) is 3.04. The molecule has 1 heterocycles. The molecule has 1 fully saturated rings. The van der Waals surface area contributed by atoms with E-state index in [-0.39, 0.29) is 0 Å². The molecule has 3 heteroatoms. The number of benzene rings is 1. The van der Waals surface area contributed by atoms with Gasteiger partial charge in [0.15, 0.2) is 0 Å². The van der Waals surface area contributed by atoms with Gasteiger partial charge in [-0.15, -0.1) is 0 Å². The Morgan fingerprint density at radius 1 is 1.15 bits per heavy atom. The summed E-state index contributed by atoms with van der Waals surface area (Å²) in [6.07, 6.45) is 7.08. The summed E-state index contributed by atoms with van der Waals surface area (Å²) in [5.41, 5.74) is 5.80. The molecule has 0 aliphatic heterocycles. The predicted octanol–water partition coefficient (Wildman–Crippen LogP) is 2.65. The van der Waals surface area contributed by atoms with Crippen molar-refractivity contribution in [2.45, 2.75) is 31.2 Å². The Morgan fingerprint density at radius 2 is 1.90 bits per heavy atom. The van der Waals surface area contributed by atoms with Crippen LogP contribution in [0, 0.1) is 5.92 Å². The van der Waals surface area contributed by atoms with Gasteiger partial charge in [0.05, 0.1) is 0 Å². The van der Waals surface area contributed by atoms with Crippen LogP contribution in [0.25, 0.3) is 0 Å². The molecule has 3 N–H and O–H groups in total. The van der Waals surface area contributed by atoms with E-state index in [1.807, 2.05) is 12.4 Å². The van der Waals surface area contributed by atoms with Crippen LogP contribution >= 0.6 is 0 Å². The molecule has 3 nitrogen and oxygen atoms in total. The molecule has 1 aliphatic rings. The molecule has 20 heavy (non-hydrogen) atoms. The van der Waals surface area contributed by atoms with Crippen molar-refractivity contribution < 1.29 is 0 Å². The molecule has 1 aliphatic carbocycles. The Hall–Kier alpha value is -1.71. The van der Waals surface area contributed by atoms with Gasteiger partial charge in [0, 0.05) is 18.4 Å². The predicted molar refractivity (Wildman–Crippen MR) is 81.0 cm³/mol. The number of aromatic nitrogens is 1. The summed E-state index contributed by atoms with van der Waals surface area (Å²) in [5, 5.41) is 0. The van der Waals surface area contributed by atoms with Gasteiger partial charge in [-0.25, -0.2) is 0 Å². The highest BCUT2D eigenvalue weighted by molar-refractivity contribution is 5.26. The van der Waals surface area contributed by atoms with Crippen LogP contribution in [-0.2, 0) is 6.42 Å². The highest BCUT2D eigenvalue weighted by Crippen LogP contribution is 2.50. The minimum Gasteiger partial charge on any atom is -0.271 e. The lowest BCUT2D eigenvalue weighted by molar-refractivity contribution is 0.438. The number of nitrogens with zero attached hydrogens (tertiary/aromatic N) is 1. The molecule has 0 radical (unpaired) electrons. The Bertz CT molecular complexity index is 526. The Balaban J connectivity index is 1.56. The number of nitrogens with two attached hydrogens (primary N) is 1. The quantitative estimate of drug-likeness (QED) is 0.625. The standard InChI is InChI=1S/C17H21N3/c18-20-17(7-6-13-8-10-19-11-9-13)16-12-15(16)14-4-2-1-3-5-14/h1-5,8-11,15-17,20H,6-7,12,18H2. The maximum absolute atomic E-state index is 5.76. The summed E-state index contributed by atoms with van der Waals surface area (Å²) < 4.78 is 0. The van der Waals surface area contributed by atoms with E-state index in [2.05, 4.69) is 52.9 Å². The van der Waals surface area contributed by atoms with E-state index in [9.17, 15) is 0 Å². The van der Waals surface area contributed by atoms with Crippen molar-refractivity contribution in [3.05, 3.63) is 66.0 Å². The molecule has 3 atom stereocenters. The smallest absolute Gasteiger partial charge is 0.0270 e. The van der Waals surface area contributed by atoms with Crippen molar-refractivity contribution in [2.75, 3.05) is 0 Å². The van der Waals surface area contributed by atoms with Crippen molar-refractivity contribution in [1.29, 1.82) is 0 Å². The number of hydrogen-bond donors (Lipinski definition) is 2. The first-order chi connectivity index (χ1) is 9.88. The molecule has 0 amide bonds. The second-order valence-corrected chi connectivity index (χ2v) is 5.58. The van der Waals surface area contributed by atoms with E-state index in [1.165, 1.54) is 17.5 Å². The zero-order valence-corrected chi connectivity index (χ0v) is 11.6. The fourth-order valence-corrected chi connectivity index (χ4v) is 3.04. The van der Waals surface area contributed by atoms with Gasteiger partial charge >= 0.3 is 0 Å². The largest absolute Gasteiger partial charge is 0.271 e. The molecule has 1 saturated carbocycles. The lowest BCUT2D eigenvalue weighted by Gasteiger charge is -2.16. The second kappa shape index (κ2) is 6.16. The first-order valence-electron chi connectivity index (χ1n) is 7.28. The van der Waals surface area contributed by atoms with Crippen molar-refractivity contribution >= 4 is 0 Å². The maximum atomic E-state index is 5.76. The molecule has 0 saturated heterocycles. The van der Waals surface area contributed by atoms with Gasteiger partial charge in [0.2, 0.25) is 0 Å². The van der Waals surface area contributed by atoms with Crippen LogP contribution in [-0.4, -0.2) is 11.0 Å². The summed E-state index contributed by atoms with van der Waals surface area (Å²) in [7, 11) is 0. The number of rotatable bonds is 6. The average Bonchev–Trinajstić information content (AvgIpc) is 3.30. The zero-order valence-electron chi connectivity index (χ0n) is 11.6. The highest BCUT2D eigenvalue weighted by atomic mass is 15.2. The first kappa shape index (κ1) is 13.3. The second-order valence-electron chi connectivity index (χ2n) is 5.58. The normalized spacial score (nSPS) is 22.4. The Morgan fingerprint density at radius 3 is 2.60 bits per heavy atom. The van der Waals surface area contributed by atoms with E-state index in [4.69, 9.17) is 5.84 Å². The lowest BCUT2D eigenvalue weighted by Crippen LogP contribution is -2.37. The van der Waals surface area contributed by atoms with Crippen molar-refractivity contribution in [1.82, 2.24) is 10.4 Å². The van der Waals surface area contributed by atoms with E-state index in [0.29, 0.717) is 17.9 Å². The molecule has 1 aromatic heterocycles. The summed E-state index contributed by atoms with van der Waals surface area (Å²) in [5.74, 6) is 7.10. The minimum absolute atomic E-state index is 0.397.